The van der Waals surface area contributed by atoms with Crippen molar-refractivity contribution < 1.29 is 31.4 Å². The van der Waals surface area contributed by atoms with Crippen molar-refractivity contribution in [2.45, 2.75) is 24.3 Å². The predicted octanol–water partition coefficient (Wildman–Crippen LogP) is 2.85. The third-order valence-corrected chi connectivity index (χ3v) is 6.36. The Kier molecular flexibility index (Phi) is 4.23. The average molecular weight is 413 g/mol. The molecule has 1 aliphatic heterocycles. The molecular weight excluding hydrogens is 399 g/mol. The molecule has 2 aromatic heterocycles. The van der Waals surface area contributed by atoms with Crippen LogP contribution in [0.4, 0.5) is 13.2 Å². The summed E-state index contributed by atoms with van der Waals surface area (Å²) in [4.78, 5) is 4.08. The Labute approximate surface area is 157 Å². The topological polar surface area (TPSA) is 84.7 Å². The second-order valence-corrected chi connectivity index (χ2v) is 8.12. The first kappa shape index (κ1) is 18.6. The van der Waals surface area contributed by atoms with Crippen molar-refractivity contribution >= 4 is 20.9 Å². The normalized spacial score (nSPS) is 15.5. The summed E-state index contributed by atoms with van der Waals surface area (Å²) in [6, 6.07) is 7.41. The minimum atomic E-state index is -4.85. The van der Waals surface area contributed by atoms with Crippen LogP contribution in [-0.2, 0) is 23.1 Å². The second kappa shape index (κ2) is 6.38. The average Bonchev–Trinajstić information content (AvgIpc) is 2.93. The van der Waals surface area contributed by atoms with Crippen molar-refractivity contribution in [1.82, 2.24) is 13.9 Å². The third-order valence-electron chi connectivity index (χ3n) is 4.50. The number of fused-ring (bicyclic) bond motifs is 3. The van der Waals surface area contributed by atoms with E-state index in [0.717, 1.165) is 24.3 Å². The Morgan fingerprint density at radius 1 is 1.11 bits per heavy atom. The molecule has 148 valence electrons. The zero-order chi connectivity index (χ0) is 20.1. The lowest BCUT2D eigenvalue weighted by atomic mass is 10.2. The summed E-state index contributed by atoms with van der Waals surface area (Å²) in [6.45, 7) is 0.313. The SMILES string of the molecule is O=S(=O)(c1ccc(OC(F)(F)F)cc1)N1CCn2c(O)c3cccnc3c2C1. The van der Waals surface area contributed by atoms with Crippen LogP contribution < -0.4 is 4.74 Å². The maximum atomic E-state index is 12.9. The van der Waals surface area contributed by atoms with Gasteiger partial charge in [-0.1, -0.05) is 0 Å². The number of benzene rings is 1. The van der Waals surface area contributed by atoms with E-state index in [0.29, 0.717) is 16.6 Å². The summed E-state index contributed by atoms with van der Waals surface area (Å²) in [7, 11) is -3.95. The molecule has 3 heterocycles. The fourth-order valence-corrected chi connectivity index (χ4v) is 4.64. The highest BCUT2D eigenvalue weighted by atomic mass is 32.2. The van der Waals surface area contributed by atoms with Gasteiger partial charge in [0.15, 0.2) is 0 Å². The molecule has 28 heavy (non-hydrogen) atoms. The van der Waals surface area contributed by atoms with E-state index in [-0.39, 0.29) is 30.4 Å². The highest BCUT2D eigenvalue weighted by Gasteiger charge is 2.33. The molecule has 0 saturated heterocycles. The molecule has 0 spiro atoms. The van der Waals surface area contributed by atoms with E-state index < -0.39 is 22.1 Å². The summed E-state index contributed by atoms with van der Waals surface area (Å²) in [6.07, 6.45) is -3.30. The van der Waals surface area contributed by atoms with Gasteiger partial charge in [0.05, 0.1) is 28.0 Å². The van der Waals surface area contributed by atoms with Gasteiger partial charge in [-0.3, -0.25) is 4.98 Å². The van der Waals surface area contributed by atoms with Crippen molar-refractivity contribution in [1.29, 1.82) is 0 Å². The third kappa shape index (κ3) is 3.16. The first-order chi connectivity index (χ1) is 13.2. The molecule has 0 bridgehead atoms. The monoisotopic (exact) mass is 413 g/mol. The second-order valence-electron chi connectivity index (χ2n) is 6.18. The fraction of sp³-hybridized carbons (Fsp3) is 0.235. The Hall–Kier alpha value is -2.79. The molecule has 0 unspecified atom stereocenters. The number of sulfonamides is 1. The highest BCUT2D eigenvalue weighted by Crippen LogP contribution is 2.34. The van der Waals surface area contributed by atoms with Gasteiger partial charge in [-0.2, -0.15) is 4.31 Å². The smallest absolute Gasteiger partial charge is 0.494 e. The van der Waals surface area contributed by atoms with Crippen molar-refractivity contribution in [3.05, 3.63) is 48.3 Å². The largest absolute Gasteiger partial charge is 0.573 e. The van der Waals surface area contributed by atoms with Crippen LogP contribution in [0.25, 0.3) is 10.9 Å². The van der Waals surface area contributed by atoms with Crippen LogP contribution in [0.2, 0.25) is 0 Å². The van der Waals surface area contributed by atoms with Crippen molar-refractivity contribution in [2.24, 2.45) is 0 Å². The van der Waals surface area contributed by atoms with Crippen LogP contribution in [0, 0.1) is 0 Å². The molecule has 0 aliphatic carbocycles. The lowest BCUT2D eigenvalue weighted by molar-refractivity contribution is -0.274. The molecule has 0 radical (unpaired) electrons. The lowest BCUT2D eigenvalue weighted by Crippen LogP contribution is -2.38. The van der Waals surface area contributed by atoms with Crippen LogP contribution in [0.15, 0.2) is 47.5 Å². The van der Waals surface area contributed by atoms with Crippen LogP contribution in [0.1, 0.15) is 5.69 Å². The summed E-state index contributed by atoms with van der Waals surface area (Å²) >= 11 is 0. The van der Waals surface area contributed by atoms with Gasteiger partial charge in [-0.15, -0.1) is 13.2 Å². The first-order valence-corrected chi connectivity index (χ1v) is 9.62. The highest BCUT2D eigenvalue weighted by molar-refractivity contribution is 7.89. The summed E-state index contributed by atoms with van der Waals surface area (Å²) in [5.41, 5.74) is 1.06. The van der Waals surface area contributed by atoms with Gasteiger partial charge < -0.3 is 14.4 Å². The van der Waals surface area contributed by atoms with E-state index in [1.54, 1.807) is 22.9 Å². The first-order valence-electron chi connectivity index (χ1n) is 8.18. The molecular formula is C17H14F3N3O4S. The van der Waals surface area contributed by atoms with E-state index in [4.69, 9.17) is 0 Å². The number of hydrogen-bond acceptors (Lipinski definition) is 5. The van der Waals surface area contributed by atoms with Crippen LogP contribution >= 0.6 is 0 Å². The number of halogens is 3. The number of pyridine rings is 1. The van der Waals surface area contributed by atoms with E-state index in [9.17, 15) is 26.7 Å². The van der Waals surface area contributed by atoms with Crippen molar-refractivity contribution in [3.63, 3.8) is 0 Å². The number of nitrogens with zero attached hydrogens (tertiary/aromatic N) is 3. The van der Waals surface area contributed by atoms with Gasteiger partial charge in [0.1, 0.15) is 5.75 Å². The Morgan fingerprint density at radius 2 is 1.82 bits per heavy atom. The van der Waals surface area contributed by atoms with Gasteiger partial charge in [-0.05, 0) is 36.4 Å². The number of aromatic nitrogens is 2. The maximum Gasteiger partial charge on any atom is 0.573 e. The predicted molar refractivity (Wildman–Crippen MR) is 92.1 cm³/mol. The Bertz CT molecular complexity index is 1140. The number of rotatable bonds is 3. The zero-order valence-electron chi connectivity index (χ0n) is 14.2. The van der Waals surface area contributed by atoms with Crippen LogP contribution in [0.3, 0.4) is 0 Å². The lowest BCUT2D eigenvalue weighted by Gasteiger charge is -2.28. The number of ether oxygens (including phenoxy) is 1. The Balaban J connectivity index is 1.64. The van der Waals surface area contributed by atoms with E-state index in [1.807, 2.05) is 0 Å². The van der Waals surface area contributed by atoms with Gasteiger partial charge in [0.2, 0.25) is 15.9 Å². The van der Waals surface area contributed by atoms with E-state index in [2.05, 4.69) is 9.72 Å². The van der Waals surface area contributed by atoms with E-state index in [1.165, 1.54) is 4.31 Å². The van der Waals surface area contributed by atoms with Gasteiger partial charge in [0.25, 0.3) is 0 Å². The summed E-state index contributed by atoms with van der Waals surface area (Å²) in [5, 5.41) is 10.8. The van der Waals surface area contributed by atoms with Crippen LogP contribution in [0.5, 0.6) is 11.6 Å². The van der Waals surface area contributed by atoms with Crippen molar-refractivity contribution in [3.8, 4) is 11.6 Å². The van der Waals surface area contributed by atoms with Gasteiger partial charge >= 0.3 is 6.36 Å². The van der Waals surface area contributed by atoms with Gasteiger partial charge in [-0.25, -0.2) is 8.42 Å². The van der Waals surface area contributed by atoms with Crippen LogP contribution in [-0.4, -0.2) is 40.3 Å². The number of hydrogen-bond donors (Lipinski definition) is 1. The quantitative estimate of drug-likeness (QED) is 0.714. The maximum absolute atomic E-state index is 12.9. The molecule has 1 aromatic carbocycles. The molecule has 0 saturated carbocycles. The minimum absolute atomic E-state index is 0.0167. The fourth-order valence-electron chi connectivity index (χ4n) is 3.24. The Morgan fingerprint density at radius 3 is 2.50 bits per heavy atom. The standard InChI is InChI=1S/C17H14F3N3O4S/c18-17(19,20)27-11-3-5-12(6-4-11)28(25,26)22-8-9-23-14(10-22)15-13(16(23)24)2-1-7-21-15/h1-7,24H,8-10H2. The number of aromatic hydroxyl groups is 1. The summed E-state index contributed by atoms with van der Waals surface area (Å²) in [5.74, 6) is -0.470. The van der Waals surface area contributed by atoms with Gasteiger partial charge in [0, 0.05) is 19.3 Å². The molecule has 4 rings (SSSR count). The molecule has 3 aromatic rings. The molecule has 11 heteroatoms. The molecule has 0 amide bonds. The number of alkyl halides is 3. The molecule has 1 N–H and O–H groups in total. The summed E-state index contributed by atoms with van der Waals surface area (Å²) < 4.78 is 69.2. The molecule has 0 atom stereocenters. The molecule has 0 fully saturated rings. The van der Waals surface area contributed by atoms with Crippen molar-refractivity contribution in [2.75, 3.05) is 6.54 Å². The minimum Gasteiger partial charge on any atom is -0.494 e. The van der Waals surface area contributed by atoms with E-state index >= 15 is 0 Å². The molecule has 7 nitrogen and oxygen atoms in total. The molecule has 1 aliphatic rings. The zero-order valence-corrected chi connectivity index (χ0v) is 15.0.